The normalized spacial score (nSPS) is 10.5. The molecule has 0 radical (unpaired) electrons. The van der Waals surface area contributed by atoms with Gasteiger partial charge in [-0.15, -0.1) is 0 Å². The maximum absolute atomic E-state index is 11.8. The van der Waals surface area contributed by atoms with E-state index in [1.54, 1.807) is 30.9 Å². The number of hydrogen-bond donors (Lipinski definition) is 0. The van der Waals surface area contributed by atoms with Gasteiger partial charge in [-0.25, -0.2) is 4.79 Å². The van der Waals surface area contributed by atoms with Crippen LogP contribution in [0.25, 0.3) is 0 Å². The molecule has 0 saturated heterocycles. The molecular formula is C14H22N2O. The van der Waals surface area contributed by atoms with Crippen molar-refractivity contribution in [2.75, 3.05) is 26.0 Å². The fraction of sp³-hybridized carbons (Fsp3) is 0.500. The van der Waals surface area contributed by atoms with Gasteiger partial charge in [0.05, 0.1) is 0 Å². The number of carbonyl (C=O) groups is 1. The molecule has 0 aliphatic carbocycles. The number of benzene rings is 1. The van der Waals surface area contributed by atoms with Crippen LogP contribution in [0.4, 0.5) is 10.5 Å². The maximum atomic E-state index is 11.8. The summed E-state index contributed by atoms with van der Waals surface area (Å²) in [4.78, 5) is 15.0. The van der Waals surface area contributed by atoms with Crippen LogP contribution in [0.2, 0.25) is 0 Å². The second kappa shape index (κ2) is 5.71. The third-order valence-corrected chi connectivity index (χ3v) is 2.64. The lowest BCUT2D eigenvalue weighted by atomic mass is 10.0. The van der Waals surface area contributed by atoms with Gasteiger partial charge in [0.25, 0.3) is 0 Å². The Hall–Kier alpha value is -1.51. The van der Waals surface area contributed by atoms with Crippen molar-refractivity contribution in [3.8, 4) is 0 Å². The van der Waals surface area contributed by atoms with E-state index in [1.165, 1.54) is 5.56 Å². The van der Waals surface area contributed by atoms with Gasteiger partial charge in [0.1, 0.15) is 0 Å². The highest BCUT2D eigenvalue weighted by molar-refractivity contribution is 5.91. The Kier molecular flexibility index (Phi) is 4.55. The molecule has 0 spiro atoms. The van der Waals surface area contributed by atoms with E-state index in [9.17, 15) is 4.79 Å². The van der Waals surface area contributed by atoms with E-state index in [-0.39, 0.29) is 6.03 Å². The number of rotatable bonds is 3. The molecular weight excluding hydrogens is 212 g/mol. The molecule has 0 aromatic heterocycles. The summed E-state index contributed by atoms with van der Waals surface area (Å²) in [5, 5.41) is 0. The van der Waals surface area contributed by atoms with Crippen LogP contribution in [0.3, 0.4) is 0 Å². The molecule has 0 aliphatic rings. The van der Waals surface area contributed by atoms with Gasteiger partial charge in [0.2, 0.25) is 0 Å². The van der Waals surface area contributed by atoms with Crippen LogP contribution in [0.1, 0.15) is 19.4 Å². The maximum Gasteiger partial charge on any atom is 0.323 e. The summed E-state index contributed by atoms with van der Waals surface area (Å²) in [6, 6.07) is 8.17. The molecule has 0 heterocycles. The molecule has 0 N–H and O–H groups in total. The van der Waals surface area contributed by atoms with Crippen LogP contribution in [-0.2, 0) is 6.42 Å². The molecule has 1 aromatic carbocycles. The predicted molar refractivity (Wildman–Crippen MR) is 72.5 cm³/mol. The number of anilines is 1. The Morgan fingerprint density at radius 2 is 1.65 bits per heavy atom. The zero-order valence-electron chi connectivity index (χ0n) is 11.4. The van der Waals surface area contributed by atoms with Crippen molar-refractivity contribution in [3.05, 3.63) is 29.8 Å². The zero-order valence-corrected chi connectivity index (χ0v) is 11.4. The largest absolute Gasteiger partial charge is 0.330 e. The van der Waals surface area contributed by atoms with Crippen LogP contribution in [0.15, 0.2) is 24.3 Å². The first kappa shape index (κ1) is 13.6. The van der Waals surface area contributed by atoms with E-state index in [0.717, 1.165) is 12.1 Å². The van der Waals surface area contributed by atoms with Crippen molar-refractivity contribution in [3.63, 3.8) is 0 Å². The summed E-state index contributed by atoms with van der Waals surface area (Å²) < 4.78 is 0. The van der Waals surface area contributed by atoms with Gasteiger partial charge in [-0.05, 0) is 30.0 Å². The van der Waals surface area contributed by atoms with E-state index < -0.39 is 0 Å². The lowest BCUT2D eigenvalue weighted by Crippen LogP contribution is -2.36. The smallest absolute Gasteiger partial charge is 0.323 e. The summed E-state index contributed by atoms with van der Waals surface area (Å²) in [6.07, 6.45) is 1.08. The Balaban J connectivity index is 2.77. The quantitative estimate of drug-likeness (QED) is 0.788. The third kappa shape index (κ3) is 3.77. The van der Waals surface area contributed by atoms with Gasteiger partial charge in [-0.2, -0.15) is 0 Å². The van der Waals surface area contributed by atoms with E-state index in [4.69, 9.17) is 0 Å². The standard InChI is InChI=1S/C14H22N2O/c1-11(2)10-12-6-8-13(9-7-12)16(5)14(17)15(3)4/h6-9,11H,10H2,1-5H3. The van der Waals surface area contributed by atoms with Crippen LogP contribution in [-0.4, -0.2) is 32.1 Å². The fourth-order valence-corrected chi connectivity index (χ4v) is 1.74. The molecule has 0 saturated carbocycles. The van der Waals surface area contributed by atoms with Crippen molar-refractivity contribution in [1.29, 1.82) is 0 Å². The van der Waals surface area contributed by atoms with E-state index >= 15 is 0 Å². The molecule has 0 fully saturated rings. The Morgan fingerprint density at radius 1 is 1.12 bits per heavy atom. The van der Waals surface area contributed by atoms with Gasteiger partial charge in [0.15, 0.2) is 0 Å². The number of nitrogens with zero attached hydrogens (tertiary/aromatic N) is 2. The molecule has 0 bridgehead atoms. The summed E-state index contributed by atoms with van der Waals surface area (Å²) in [5.41, 5.74) is 2.24. The minimum atomic E-state index is -0.0124. The van der Waals surface area contributed by atoms with Crippen molar-refractivity contribution in [1.82, 2.24) is 4.90 Å². The average Bonchev–Trinajstić information content (AvgIpc) is 2.27. The molecule has 3 heteroatoms. The van der Waals surface area contributed by atoms with Crippen LogP contribution >= 0.6 is 0 Å². The number of amides is 2. The van der Waals surface area contributed by atoms with Crippen molar-refractivity contribution < 1.29 is 4.79 Å². The fourth-order valence-electron chi connectivity index (χ4n) is 1.74. The second-order valence-corrected chi connectivity index (χ2v) is 5.00. The SMILES string of the molecule is CC(C)Cc1ccc(N(C)C(=O)N(C)C)cc1. The Bertz CT molecular complexity index is 368. The predicted octanol–water partition coefficient (Wildman–Crippen LogP) is 3.00. The zero-order chi connectivity index (χ0) is 13.0. The lowest BCUT2D eigenvalue weighted by Gasteiger charge is -2.22. The molecule has 0 unspecified atom stereocenters. The minimum Gasteiger partial charge on any atom is -0.330 e. The van der Waals surface area contributed by atoms with Gasteiger partial charge in [0, 0.05) is 26.8 Å². The monoisotopic (exact) mass is 234 g/mol. The van der Waals surface area contributed by atoms with Crippen molar-refractivity contribution >= 4 is 11.7 Å². The first-order valence-corrected chi connectivity index (χ1v) is 5.95. The summed E-state index contributed by atoms with van der Waals surface area (Å²) >= 11 is 0. The molecule has 0 atom stereocenters. The molecule has 3 nitrogen and oxygen atoms in total. The summed E-state index contributed by atoms with van der Waals surface area (Å²) in [5.74, 6) is 0.655. The third-order valence-electron chi connectivity index (χ3n) is 2.64. The van der Waals surface area contributed by atoms with Crippen molar-refractivity contribution in [2.45, 2.75) is 20.3 Å². The second-order valence-electron chi connectivity index (χ2n) is 5.00. The first-order valence-electron chi connectivity index (χ1n) is 5.95. The highest BCUT2D eigenvalue weighted by atomic mass is 16.2. The average molecular weight is 234 g/mol. The minimum absolute atomic E-state index is 0.0124. The molecule has 1 rings (SSSR count). The van der Waals surface area contributed by atoms with Crippen LogP contribution in [0.5, 0.6) is 0 Å². The van der Waals surface area contributed by atoms with E-state index in [1.807, 2.05) is 12.1 Å². The van der Waals surface area contributed by atoms with Crippen LogP contribution in [0, 0.1) is 5.92 Å². The number of carbonyl (C=O) groups excluding carboxylic acids is 1. The topological polar surface area (TPSA) is 23.6 Å². The van der Waals surface area contributed by atoms with E-state index in [2.05, 4.69) is 26.0 Å². The van der Waals surface area contributed by atoms with Gasteiger partial charge < -0.3 is 4.90 Å². The number of hydrogen-bond acceptors (Lipinski definition) is 1. The first-order chi connectivity index (χ1) is 7.91. The number of urea groups is 1. The van der Waals surface area contributed by atoms with E-state index in [0.29, 0.717) is 5.92 Å². The lowest BCUT2D eigenvalue weighted by molar-refractivity contribution is 0.225. The van der Waals surface area contributed by atoms with Gasteiger partial charge in [-0.3, -0.25) is 4.90 Å². The highest BCUT2D eigenvalue weighted by Gasteiger charge is 2.12. The molecule has 1 aromatic rings. The molecule has 17 heavy (non-hydrogen) atoms. The molecule has 2 amide bonds. The van der Waals surface area contributed by atoms with Gasteiger partial charge >= 0.3 is 6.03 Å². The van der Waals surface area contributed by atoms with Crippen molar-refractivity contribution in [2.24, 2.45) is 5.92 Å². The summed E-state index contributed by atoms with van der Waals surface area (Å²) in [6.45, 7) is 4.41. The Morgan fingerprint density at radius 3 is 2.06 bits per heavy atom. The van der Waals surface area contributed by atoms with Gasteiger partial charge in [-0.1, -0.05) is 26.0 Å². The molecule has 0 aliphatic heterocycles. The Labute approximate surface area is 104 Å². The highest BCUT2D eigenvalue weighted by Crippen LogP contribution is 2.16. The summed E-state index contributed by atoms with van der Waals surface area (Å²) in [7, 11) is 5.30. The molecule has 94 valence electrons. The van der Waals surface area contributed by atoms with Crippen LogP contribution < -0.4 is 4.90 Å².